The van der Waals surface area contributed by atoms with Crippen molar-refractivity contribution in [2.24, 2.45) is 7.05 Å². The maximum absolute atomic E-state index is 13.1. The van der Waals surface area contributed by atoms with E-state index < -0.39 is 14.0 Å². The van der Waals surface area contributed by atoms with Gasteiger partial charge in [0.25, 0.3) is 11.1 Å². The summed E-state index contributed by atoms with van der Waals surface area (Å²) in [7, 11) is 1.63. The molecular weight excluding hydrogens is 390 g/mol. The minimum absolute atomic E-state index is 0.129. The molecule has 29 heavy (non-hydrogen) atoms. The molecule has 0 bridgehead atoms. The number of methoxy groups -OCH3 is 1. The third-order valence-electron chi connectivity index (χ3n) is 5.00. The Labute approximate surface area is 170 Å². The van der Waals surface area contributed by atoms with Gasteiger partial charge in [0.05, 0.1) is 29.8 Å². The second kappa shape index (κ2) is 8.15. The van der Waals surface area contributed by atoms with E-state index in [9.17, 15) is 14.4 Å². The SMILES string of the molecule is COC(=O)c1cc(-c2cn(COCC[Si](C)(C)C)n(C3CC3)c2=O)c(=O)n(C)c1. The molecule has 8 nitrogen and oxygen atoms in total. The summed E-state index contributed by atoms with van der Waals surface area (Å²) >= 11 is 0. The monoisotopic (exact) mass is 419 g/mol. The van der Waals surface area contributed by atoms with Crippen molar-refractivity contribution in [1.82, 2.24) is 13.9 Å². The number of carbonyl (C=O) groups excluding carboxylic acids is 1. The van der Waals surface area contributed by atoms with Crippen molar-refractivity contribution in [3.05, 3.63) is 44.7 Å². The van der Waals surface area contributed by atoms with Crippen molar-refractivity contribution >= 4 is 14.0 Å². The van der Waals surface area contributed by atoms with Gasteiger partial charge >= 0.3 is 5.97 Å². The largest absolute Gasteiger partial charge is 0.465 e. The average molecular weight is 420 g/mol. The average Bonchev–Trinajstić information content (AvgIpc) is 3.43. The molecule has 2 heterocycles. The van der Waals surface area contributed by atoms with Crippen LogP contribution in [0.15, 0.2) is 28.0 Å². The van der Waals surface area contributed by atoms with Crippen LogP contribution in [-0.2, 0) is 23.3 Å². The van der Waals surface area contributed by atoms with Gasteiger partial charge in [-0.3, -0.25) is 14.3 Å². The molecule has 1 aliphatic rings. The van der Waals surface area contributed by atoms with Crippen molar-refractivity contribution in [3.8, 4) is 11.1 Å². The van der Waals surface area contributed by atoms with Crippen LogP contribution in [0.1, 0.15) is 29.2 Å². The Kier molecular flexibility index (Phi) is 5.99. The molecule has 0 saturated heterocycles. The fraction of sp³-hybridized carbons (Fsp3) is 0.550. The summed E-state index contributed by atoms with van der Waals surface area (Å²) < 4.78 is 15.3. The van der Waals surface area contributed by atoms with Crippen LogP contribution in [0.5, 0.6) is 0 Å². The van der Waals surface area contributed by atoms with Crippen molar-refractivity contribution in [2.75, 3.05) is 13.7 Å². The summed E-state index contributed by atoms with van der Waals surface area (Å²) in [5.74, 6) is -0.557. The zero-order valence-corrected chi connectivity index (χ0v) is 18.7. The summed E-state index contributed by atoms with van der Waals surface area (Å²) in [5.41, 5.74) is 0.115. The first-order valence-corrected chi connectivity index (χ1v) is 13.5. The van der Waals surface area contributed by atoms with Gasteiger partial charge in [0, 0.05) is 34.1 Å². The number of hydrogen-bond acceptors (Lipinski definition) is 5. The quantitative estimate of drug-likeness (QED) is 0.373. The molecule has 0 aliphatic heterocycles. The van der Waals surface area contributed by atoms with Crippen molar-refractivity contribution in [2.45, 2.75) is 51.3 Å². The number of esters is 1. The summed E-state index contributed by atoms with van der Waals surface area (Å²) in [6.07, 6.45) is 4.93. The Balaban J connectivity index is 1.97. The Morgan fingerprint density at radius 3 is 2.41 bits per heavy atom. The van der Waals surface area contributed by atoms with Crippen molar-refractivity contribution in [3.63, 3.8) is 0 Å². The van der Waals surface area contributed by atoms with Crippen LogP contribution in [0.25, 0.3) is 11.1 Å². The molecule has 0 aromatic carbocycles. The highest BCUT2D eigenvalue weighted by Gasteiger charge is 2.30. The van der Waals surface area contributed by atoms with E-state index in [2.05, 4.69) is 19.6 Å². The maximum Gasteiger partial charge on any atom is 0.339 e. The Bertz CT molecular complexity index is 1020. The number of ether oxygens (including phenoxy) is 2. The third-order valence-corrected chi connectivity index (χ3v) is 6.70. The van der Waals surface area contributed by atoms with Gasteiger partial charge in [-0.1, -0.05) is 19.6 Å². The first-order chi connectivity index (χ1) is 13.6. The smallest absolute Gasteiger partial charge is 0.339 e. The highest BCUT2D eigenvalue weighted by Crippen LogP contribution is 2.34. The van der Waals surface area contributed by atoms with Gasteiger partial charge in [-0.05, 0) is 25.0 Å². The summed E-state index contributed by atoms with van der Waals surface area (Å²) in [6.45, 7) is 7.76. The van der Waals surface area contributed by atoms with Crippen LogP contribution in [0, 0.1) is 0 Å². The molecule has 2 aromatic rings. The number of hydrogen-bond donors (Lipinski definition) is 0. The van der Waals surface area contributed by atoms with E-state index in [1.54, 1.807) is 22.6 Å². The molecule has 0 radical (unpaired) electrons. The lowest BCUT2D eigenvalue weighted by Crippen LogP contribution is -2.26. The molecule has 158 valence electrons. The van der Waals surface area contributed by atoms with Gasteiger partial charge in [-0.25, -0.2) is 9.48 Å². The fourth-order valence-corrected chi connectivity index (χ4v) is 3.91. The van der Waals surface area contributed by atoms with Crippen LogP contribution in [-0.4, -0.2) is 41.7 Å². The number of nitrogens with zero attached hydrogens (tertiary/aromatic N) is 3. The number of carbonyl (C=O) groups is 1. The highest BCUT2D eigenvalue weighted by atomic mass is 28.3. The van der Waals surface area contributed by atoms with Crippen LogP contribution in [0.2, 0.25) is 25.7 Å². The molecule has 0 amide bonds. The van der Waals surface area contributed by atoms with E-state index in [1.165, 1.54) is 23.9 Å². The van der Waals surface area contributed by atoms with Gasteiger partial charge in [-0.2, -0.15) is 0 Å². The zero-order valence-electron chi connectivity index (χ0n) is 17.7. The van der Waals surface area contributed by atoms with E-state index in [-0.39, 0.29) is 40.6 Å². The Morgan fingerprint density at radius 2 is 1.83 bits per heavy atom. The minimum atomic E-state index is -1.20. The minimum Gasteiger partial charge on any atom is -0.465 e. The molecule has 0 spiro atoms. The molecule has 1 aliphatic carbocycles. The molecule has 1 saturated carbocycles. The molecule has 0 N–H and O–H groups in total. The predicted molar refractivity (Wildman–Crippen MR) is 113 cm³/mol. The van der Waals surface area contributed by atoms with Crippen LogP contribution in [0.4, 0.5) is 0 Å². The van der Waals surface area contributed by atoms with Crippen LogP contribution in [0.3, 0.4) is 0 Å². The summed E-state index contributed by atoms with van der Waals surface area (Å²) in [4.78, 5) is 37.7. The van der Waals surface area contributed by atoms with Crippen LogP contribution < -0.4 is 11.1 Å². The standard InChI is InChI=1S/C20H29N3O5Si/c1-21-11-14(20(26)27-2)10-16(18(21)24)17-12-22(13-28-8-9-29(3,4)5)23(19(17)25)15-6-7-15/h10-12,15H,6-9,13H2,1-5H3. The first kappa shape index (κ1) is 21.3. The van der Waals surface area contributed by atoms with E-state index in [1.807, 2.05) is 0 Å². The van der Waals surface area contributed by atoms with E-state index in [0.717, 1.165) is 18.9 Å². The lowest BCUT2D eigenvalue weighted by molar-refractivity contribution is 0.0599. The molecule has 1 fully saturated rings. The van der Waals surface area contributed by atoms with E-state index in [0.29, 0.717) is 6.61 Å². The molecule has 2 aromatic heterocycles. The molecule has 9 heteroatoms. The van der Waals surface area contributed by atoms with Gasteiger partial charge in [0.2, 0.25) is 0 Å². The third kappa shape index (κ3) is 4.79. The van der Waals surface area contributed by atoms with Gasteiger partial charge < -0.3 is 14.0 Å². The fourth-order valence-electron chi connectivity index (χ4n) is 3.16. The lowest BCUT2D eigenvalue weighted by atomic mass is 10.1. The lowest BCUT2D eigenvalue weighted by Gasteiger charge is -2.16. The summed E-state index contributed by atoms with van der Waals surface area (Å²) in [5, 5.41) is 0. The number of aryl methyl sites for hydroxylation is 1. The number of aromatic nitrogens is 3. The Morgan fingerprint density at radius 1 is 1.14 bits per heavy atom. The molecule has 0 atom stereocenters. The second-order valence-electron chi connectivity index (χ2n) is 8.76. The molecule has 3 rings (SSSR count). The van der Waals surface area contributed by atoms with E-state index in [4.69, 9.17) is 9.47 Å². The van der Waals surface area contributed by atoms with Crippen molar-refractivity contribution < 1.29 is 14.3 Å². The highest BCUT2D eigenvalue weighted by molar-refractivity contribution is 6.76. The first-order valence-electron chi connectivity index (χ1n) is 9.81. The van der Waals surface area contributed by atoms with Crippen LogP contribution >= 0.6 is 0 Å². The van der Waals surface area contributed by atoms with Crippen molar-refractivity contribution in [1.29, 1.82) is 0 Å². The van der Waals surface area contributed by atoms with Gasteiger partial charge in [-0.15, -0.1) is 0 Å². The maximum atomic E-state index is 13.1. The molecule has 0 unspecified atom stereocenters. The van der Waals surface area contributed by atoms with Gasteiger partial charge in [0.1, 0.15) is 6.73 Å². The topological polar surface area (TPSA) is 84.5 Å². The molecular formula is C20H29N3O5Si. The zero-order chi connectivity index (χ0) is 21.3. The summed E-state index contributed by atoms with van der Waals surface area (Å²) in [6, 6.07) is 2.60. The van der Waals surface area contributed by atoms with Gasteiger partial charge in [0.15, 0.2) is 0 Å². The number of pyridine rings is 1. The normalized spacial score (nSPS) is 14.2. The van der Waals surface area contributed by atoms with E-state index >= 15 is 0 Å². The second-order valence-corrected chi connectivity index (χ2v) is 14.4. The Hall–Kier alpha value is -2.39. The number of rotatable bonds is 8. The predicted octanol–water partition coefficient (Wildman–Crippen LogP) is 2.45.